The summed E-state index contributed by atoms with van der Waals surface area (Å²) in [5.41, 5.74) is 1.47. The maximum Gasteiger partial charge on any atom is 0.312 e. The molecule has 0 amide bonds. The number of ketones is 1. The summed E-state index contributed by atoms with van der Waals surface area (Å²) in [5, 5.41) is 1.88. The summed E-state index contributed by atoms with van der Waals surface area (Å²) in [6.45, 7) is 1.78. The molecule has 0 aliphatic rings. The van der Waals surface area contributed by atoms with Crippen molar-refractivity contribution in [1.29, 1.82) is 0 Å². The molecule has 2 rings (SSSR count). The second-order valence-corrected chi connectivity index (χ2v) is 5.12. The lowest BCUT2D eigenvalue weighted by molar-refractivity contribution is -0.141. The molecule has 0 unspecified atom stereocenters. The topological polar surface area (TPSA) is 43.4 Å². The van der Waals surface area contributed by atoms with Crippen LogP contribution in [0, 0.1) is 0 Å². The van der Waals surface area contributed by atoms with Gasteiger partial charge in [-0.2, -0.15) is 0 Å². The summed E-state index contributed by atoms with van der Waals surface area (Å²) in [7, 11) is 1.37. The molecule has 4 heteroatoms. The fraction of sp³-hybridized carbons (Fsp3) is 0.200. The van der Waals surface area contributed by atoms with Crippen LogP contribution in [0.3, 0.4) is 0 Å². The third kappa shape index (κ3) is 2.90. The lowest BCUT2D eigenvalue weighted by Gasteiger charge is -2.09. The van der Waals surface area contributed by atoms with Gasteiger partial charge in [0.2, 0.25) is 5.78 Å². The summed E-state index contributed by atoms with van der Waals surface area (Å²) < 4.78 is 4.70. The third-order valence-corrected chi connectivity index (χ3v) is 3.84. The van der Waals surface area contributed by atoms with E-state index >= 15 is 0 Å². The second kappa shape index (κ2) is 5.80. The summed E-state index contributed by atoms with van der Waals surface area (Å²) in [6.07, 6.45) is 0. The van der Waals surface area contributed by atoms with Gasteiger partial charge in [-0.15, -0.1) is 11.3 Å². The Hall–Kier alpha value is -1.94. The van der Waals surface area contributed by atoms with Crippen LogP contribution in [-0.2, 0) is 9.53 Å². The molecule has 0 radical (unpaired) electrons. The number of esters is 1. The van der Waals surface area contributed by atoms with Gasteiger partial charge in [0.15, 0.2) is 0 Å². The van der Waals surface area contributed by atoms with Crippen LogP contribution in [0.2, 0.25) is 0 Å². The first-order valence-corrected chi connectivity index (χ1v) is 6.77. The van der Waals surface area contributed by atoms with Gasteiger partial charge in [-0.3, -0.25) is 9.59 Å². The smallest absolute Gasteiger partial charge is 0.312 e. The van der Waals surface area contributed by atoms with E-state index in [1.165, 1.54) is 18.4 Å². The van der Waals surface area contributed by atoms with Crippen LogP contribution in [0.1, 0.15) is 33.6 Å². The van der Waals surface area contributed by atoms with E-state index < -0.39 is 0 Å². The highest BCUT2D eigenvalue weighted by atomic mass is 32.1. The maximum absolute atomic E-state index is 12.1. The van der Waals surface area contributed by atoms with Crippen molar-refractivity contribution in [3.05, 3.63) is 57.8 Å². The normalized spacial score (nSPS) is 11.9. The van der Waals surface area contributed by atoms with Crippen LogP contribution in [0.15, 0.2) is 41.8 Å². The molecule has 1 aromatic heterocycles. The van der Waals surface area contributed by atoms with Crippen molar-refractivity contribution in [2.24, 2.45) is 0 Å². The van der Waals surface area contributed by atoms with Crippen molar-refractivity contribution < 1.29 is 14.3 Å². The van der Waals surface area contributed by atoms with E-state index in [0.29, 0.717) is 10.4 Å². The minimum Gasteiger partial charge on any atom is -0.469 e. The minimum absolute atomic E-state index is 0.00673. The Balaban J connectivity index is 2.19. The lowest BCUT2D eigenvalue weighted by Crippen LogP contribution is -2.11. The first-order chi connectivity index (χ1) is 9.13. The number of ether oxygens (including phenoxy) is 1. The van der Waals surface area contributed by atoms with Gasteiger partial charge >= 0.3 is 5.97 Å². The highest BCUT2D eigenvalue weighted by molar-refractivity contribution is 7.12. The predicted molar refractivity (Wildman–Crippen MR) is 74.6 cm³/mol. The number of rotatable bonds is 4. The summed E-state index contributed by atoms with van der Waals surface area (Å²) >= 11 is 1.42. The Morgan fingerprint density at radius 3 is 2.37 bits per heavy atom. The molecular formula is C15H14O3S. The molecule has 0 aliphatic heterocycles. The number of carbonyl (C=O) groups is 2. The third-order valence-electron chi connectivity index (χ3n) is 2.97. The molecule has 1 atom stereocenters. The van der Waals surface area contributed by atoms with Gasteiger partial charge in [0, 0.05) is 5.56 Å². The summed E-state index contributed by atoms with van der Waals surface area (Å²) in [5.74, 6) is -0.597. The van der Waals surface area contributed by atoms with Crippen LogP contribution in [0.5, 0.6) is 0 Å². The average molecular weight is 274 g/mol. The summed E-state index contributed by atoms with van der Waals surface area (Å²) in [6, 6.07) is 10.7. The molecule has 0 spiro atoms. The monoisotopic (exact) mass is 274 g/mol. The molecule has 0 saturated carbocycles. The zero-order valence-electron chi connectivity index (χ0n) is 10.8. The molecule has 0 aliphatic carbocycles. The minimum atomic E-state index is -0.323. The van der Waals surface area contributed by atoms with Crippen LogP contribution >= 0.6 is 11.3 Å². The van der Waals surface area contributed by atoms with Crippen LogP contribution in [0.25, 0.3) is 0 Å². The standard InChI is InChI=1S/C15H14O3S/c1-10(15(17)18-2)11-5-7-12(8-6-11)14(16)13-4-3-9-19-13/h3-10H,1-2H3/t10-/m0/s1. The Kier molecular flexibility index (Phi) is 4.12. The molecule has 2 aromatic rings. The fourth-order valence-corrected chi connectivity index (χ4v) is 2.47. The fourth-order valence-electron chi connectivity index (χ4n) is 1.79. The van der Waals surface area contributed by atoms with Crippen molar-refractivity contribution >= 4 is 23.1 Å². The molecule has 19 heavy (non-hydrogen) atoms. The SMILES string of the molecule is COC(=O)[C@@H](C)c1ccc(C(=O)c2cccs2)cc1. The number of carbonyl (C=O) groups excluding carboxylic acids is 2. The van der Waals surface area contributed by atoms with Gasteiger partial charge < -0.3 is 4.74 Å². The van der Waals surface area contributed by atoms with Crippen LogP contribution in [0.4, 0.5) is 0 Å². The van der Waals surface area contributed by atoms with E-state index in [-0.39, 0.29) is 17.7 Å². The van der Waals surface area contributed by atoms with Crippen LogP contribution in [-0.4, -0.2) is 18.9 Å². The van der Waals surface area contributed by atoms with E-state index in [1.54, 1.807) is 37.3 Å². The first-order valence-electron chi connectivity index (χ1n) is 5.89. The molecule has 0 fully saturated rings. The van der Waals surface area contributed by atoms with Crippen molar-refractivity contribution in [2.45, 2.75) is 12.8 Å². The Morgan fingerprint density at radius 1 is 1.16 bits per heavy atom. The quantitative estimate of drug-likeness (QED) is 0.635. The Labute approximate surface area is 115 Å². The second-order valence-electron chi connectivity index (χ2n) is 4.17. The number of thiophene rings is 1. The molecule has 0 N–H and O–H groups in total. The zero-order chi connectivity index (χ0) is 13.8. The van der Waals surface area contributed by atoms with Gasteiger partial charge in [0.05, 0.1) is 17.9 Å². The molecule has 0 saturated heterocycles. The molecular weight excluding hydrogens is 260 g/mol. The highest BCUT2D eigenvalue weighted by Gasteiger charge is 2.16. The van der Waals surface area contributed by atoms with E-state index in [9.17, 15) is 9.59 Å². The first kappa shape index (κ1) is 13.5. The molecule has 3 nitrogen and oxygen atoms in total. The van der Waals surface area contributed by atoms with Crippen molar-refractivity contribution in [3.63, 3.8) is 0 Å². The Morgan fingerprint density at radius 2 is 1.84 bits per heavy atom. The molecule has 0 bridgehead atoms. The number of hydrogen-bond donors (Lipinski definition) is 0. The van der Waals surface area contributed by atoms with E-state index in [2.05, 4.69) is 0 Å². The van der Waals surface area contributed by atoms with Crippen molar-refractivity contribution in [2.75, 3.05) is 7.11 Å². The van der Waals surface area contributed by atoms with Crippen molar-refractivity contribution in [3.8, 4) is 0 Å². The van der Waals surface area contributed by atoms with E-state index in [0.717, 1.165) is 5.56 Å². The van der Waals surface area contributed by atoms with Gasteiger partial charge in [0.25, 0.3) is 0 Å². The lowest BCUT2D eigenvalue weighted by atomic mass is 9.99. The molecule has 98 valence electrons. The van der Waals surface area contributed by atoms with Gasteiger partial charge in [-0.25, -0.2) is 0 Å². The molecule has 1 aromatic carbocycles. The Bertz CT molecular complexity index is 570. The summed E-state index contributed by atoms with van der Waals surface area (Å²) in [4.78, 5) is 24.2. The van der Waals surface area contributed by atoms with E-state index in [4.69, 9.17) is 4.74 Å². The molecule has 1 heterocycles. The van der Waals surface area contributed by atoms with Crippen molar-refractivity contribution in [1.82, 2.24) is 0 Å². The van der Waals surface area contributed by atoms with Crippen LogP contribution < -0.4 is 0 Å². The number of methoxy groups -OCH3 is 1. The zero-order valence-corrected chi connectivity index (χ0v) is 11.6. The number of hydrogen-bond acceptors (Lipinski definition) is 4. The van der Waals surface area contributed by atoms with Gasteiger partial charge in [-0.05, 0) is 23.9 Å². The largest absolute Gasteiger partial charge is 0.469 e. The number of benzene rings is 1. The highest BCUT2D eigenvalue weighted by Crippen LogP contribution is 2.20. The average Bonchev–Trinajstić information content (AvgIpc) is 2.99. The van der Waals surface area contributed by atoms with Gasteiger partial charge in [-0.1, -0.05) is 30.3 Å². The maximum atomic E-state index is 12.1. The van der Waals surface area contributed by atoms with E-state index in [1.807, 2.05) is 11.4 Å². The predicted octanol–water partition coefficient (Wildman–Crippen LogP) is 3.26. The van der Waals surface area contributed by atoms with Gasteiger partial charge in [0.1, 0.15) is 0 Å².